The second kappa shape index (κ2) is 8.42. The SMILES string of the molecule is Cc1c[nH]c(CN(C)CCNc2cc([C@H]3CCOC3)ncn2)c(C)c1=O. The maximum absolute atomic E-state index is 12.0. The average Bonchev–Trinajstić information content (AvgIpc) is 3.17. The van der Waals surface area contributed by atoms with Crippen LogP contribution < -0.4 is 10.7 Å². The largest absolute Gasteiger partial charge is 0.381 e. The van der Waals surface area contributed by atoms with Gasteiger partial charge in [-0.15, -0.1) is 0 Å². The Labute approximate surface area is 153 Å². The Morgan fingerprint density at radius 3 is 3.00 bits per heavy atom. The summed E-state index contributed by atoms with van der Waals surface area (Å²) in [4.78, 5) is 26.1. The first-order chi connectivity index (χ1) is 12.5. The highest BCUT2D eigenvalue weighted by Gasteiger charge is 2.19. The smallest absolute Gasteiger partial charge is 0.187 e. The van der Waals surface area contributed by atoms with Crippen molar-refractivity contribution in [1.29, 1.82) is 0 Å². The van der Waals surface area contributed by atoms with Crippen molar-refractivity contribution in [3.63, 3.8) is 0 Å². The van der Waals surface area contributed by atoms with Gasteiger partial charge >= 0.3 is 0 Å². The van der Waals surface area contributed by atoms with Gasteiger partial charge in [0.2, 0.25) is 0 Å². The van der Waals surface area contributed by atoms with E-state index in [0.29, 0.717) is 12.5 Å². The van der Waals surface area contributed by atoms with Crippen LogP contribution in [0, 0.1) is 13.8 Å². The Morgan fingerprint density at radius 2 is 2.23 bits per heavy atom. The van der Waals surface area contributed by atoms with Crippen molar-refractivity contribution in [2.75, 3.05) is 38.7 Å². The van der Waals surface area contributed by atoms with Gasteiger partial charge in [-0.25, -0.2) is 9.97 Å². The predicted octanol–water partition coefficient (Wildman–Crippen LogP) is 1.83. The van der Waals surface area contributed by atoms with Gasteiger partial charge in [0.25, 0.3) is 0 Å². The van der Waals surface area contributed by atoms with Gasteiger partial charge in [-0.1, -0.05) is 0 Å². The molecule has 3 heterocycles. The molecular formula is C19H27N5O2. The third-order valence-corrected chi connectivity index (χ3v) is 4.88. The summed E-state index contributed by atoms with van der Waals surface area (Å²) in [7, 11) is 2.04. The molecule has 1 fully saturated rings. The molecule has 3 rings (SSSR count). The number of aromatic nitrogens is 3. The first kappa shape index (κ1) is 18.5. The van der Waals surface area contributed by atoms with Crippen LogP contribution in [0.5, 0.6) is 0 Å². The van der Waals surface area contributed by atoms with Crippen LogP contribution >= 0.6 is 0 Å². The van der Waals surface area contributed by atoms with Crippen molar-refractivity contribution in [2.45, 2.75) is 32.7 Å². The number of pyridine rings is 1. The normalized spacial score (nSPS) is 17.0. The lowest BCUT2D eigenvalue weighted by atomic mass is 10.1. The molecule has 2 aromatic rings. The van der Waals surface area contributed by atoms with Crippen molar-refractivity contribution in [2.24, 2.45) is 0 Å². The van der Waals surface area contributed by atoms with Crippen molar-refractivity contribution in [3.8, 4) is 0 Å². The number of H-pyrrole nitrogens is 1. The quantitative estimate of drug-likeness (QED) is 0.787. The fourth-order valence-corrected chi connectivity index (χ4v) is 3.15. The molecule has 0 aliphatic carbocycles. The molecule has 0 amide bonds. The maximum atomic E-state index is 12.0. The third kappa shape index (κ3) is 4.47. The molecule has 1 aliphatic heterocycles. The second-order valence-corrected chi connectivity index (χ2v) is 6.96. The zero-order chi connectivity index (χ0) is 18.5. The van der Waals surface area contributed by atoms with Gasteiger partial charge in [0.15, 0.2) is 5.43 Å². The summed E-state index contributed by atoms with van der Waals surface area (Å²) in [5.41, 5.74) is 3.68. The number of nitrogens with one attached hydrogen (secondary N) is 2. The Balaban J connectivity index is 1.51. The molecule has 2 N–H and O–H groups in total. The van der Waals surface area contributed by atoms with Crippen molar-refractivity contribution in [1.82, 2.24) is 19.9 Å². The molecule has 1 aliphatic rings. The summed E-state index contributed by atoms with van der Waals surface area (Å²) in [5, 5.41) is 3.35. The first-order valence-corrected chi connectivity index (χ1v) is 9.04. The summed E-state index contributed by atoms with van der Waals surface area (Å²) in [6.45, 7) is 7.57. The van der Waals surface area contributed by atoms with Gasteiger partial charge in [-0.05, 0) is 27.3 Å². The molecule has 7 nitrogen and oxygen atoms in total. The van der Waals surface area contributed by atoms with Gasteiger partial charge in [-0.3, -0.25) is 9.69 Å². The van der Waals surface area contributed by atoms with Crippen LogP contribution in [0.4, 0.5) is 5.82 Å². The number of nitrogens with zero attached hydrogens (tertiary/aromatic N) is 3. The molecule has 0 unspecified atom stereocenters. The highest BCUT2D eigenvalue weighted by molar-refractivity contribution is 5.36. The summed E-state index contributed by atoms with van der Waals surface area (Å²) < 4.78 is 5.43. The molecule has 1 atom stereocenters. The lowest BCUT2D eigenvalue weighted by Gasteiger charge is -2.18. The van der Waals surface area contributed by atoms with Crippen molar-refractivity contribution in [3.05, 3.63) is 51.3 Å². The van der Waals surface area contributed by atoms with E-state index >= 15 is 0 Å². The number of hydrogen-bond acceptors (Lipinski definition) is 6. The Hall–Kier alpha value is -2.25. The average molecular weight is 357 g/mol. The molecule has 0 bridgehead atoms. The minimum Gasteiger partial charge on any atom is -0.381 e. The molecule has 7 heteroatoms. The van der Waals surface area contributed by atoms with E-state index in [9.17, 15) is 4.79 Å². The molecule has 1 saturated heterocycles. The van der Waals surface area contributed by atoms with Gasteiger partial charge < -0.3 is 15.0 Å². The van der Waals surface area contributed by atoms with Crippen molar-refractivity contribution >= 4 is 5.82 Å². The Morgan fingerprint density at radius 1 is 1.38 bits per heavy atom. The highest BCUT2D eigenvalue weighted by Crippen LogP contribution is 2.24. The van der Waals surface area contributed by atoms with Gasteiger partial charge in [-0.2, -0.15) is 0 Å². The molecule has 0 aromatic carbocycles. The predicted molar refractivity (Wildman–Crippen MR) is 102 cm³/mol. The van der Waals surface area contributed by atoms with E-state index in [1.54, 1.807) is 12.5 Å². The number of ether oxygens (including phenoxy) is 1. The van der Waals surface area contributed by atoms with E-state index in [1.165, 1.54) is 0 Å². The zero-order valence-corrected chi connectivity index (χ0v) is 15.7. The summed E-state index contributed by atoms with van der Waals surface area (Å²) in [5.74, 6) is 1.22. The van der Waals surface area contributed by atoms with E-state index in [-0.39, 0.29) is 5.43 Å². The number of anilines is 1. The minimum atomic E-state index is 0.120. The van der Waals surface area contributed by atoms with Crippen LogP contribution in [0.3, 0.4) is 0 Å². The third-order valence-electron chi connectivity index (χ3n) is 4.88. The fraction of sp³-hybridized carbons (Fsp3) is 0.526. The molecule has 26 heavy (non-hydrogen) atoms. The number of likely N-dealkylation sites (N-methyl/N-ethyl adjacent to an activating group) is 1. The van der Waals surface area contributed by atoms with Crippen LogP contribution in [-0.4, -0.2) is 53.2 Å². The minimum absolute atomic E-state index is 0.120. The monoisotopic (exact) mass is 357 g/mol. The van der Waals surface area contributed by atoms with Gasteiger partial charge in [0, 0.05) is 61.2 Å². The fourth-order valence-electron chi connectivity index (χ4n) is 3.15. The van der Waals surface area contributed by atoms with Gasteiger partial charge in [0.1, 0.15) is 12.1 Å². The van der Waals surface area contributed by atoms with Gasteiger partial charge in [0.05, 0.1) is 12.3 Å². The molecule has 2 aromatic heterocycles. The summed E-state index contributed by atoms with van der Waals surface area (Å²) in [6, 6.07) is 2.01. The summed E-state index contributed by atoms with van der Waals surface area (Å²) >= 11 is 0. The van der Waals surface area contributed by atoms with Crippen LogP contribution in [-0.2, 0) is 11.3 Å². The molecule has 0 radical (unpaired) electrons. The highest BCUT2D eigenvalue weighted by atomic mass is 16.5. The maximum Gasteiger partial charge on any atom is 0.187 e. The lowest BCUT2D eigenvalue weighted by Crippen LogP contribution is -2.27. The Bertz CT molecular complexity index is 799. The number of aromatic amines is 1. The first-order valence-electron chi connectivity index (χ1n) is 9.04. The van der Waals surface area contributed by atoms with Crippen LogP contribution in [0.15, 0.2) is 23.4 Å². The standard InChI is InChI=1S/C19H27N5O2/c1-13-9-21-17(14(2)19(13)25)10-24(3)6-5-20-18-8-16(22-12-23-18)15-4-7-26-11-15/h8-9,12,15H,4-7,10-11H2,1-3H3,(H,21,25)(H,20,22,23)/t15-/m0/s1. The number of hydrogen-bond donors (Lipinski definition) is 2. The molecule has 0 spiro atoms. The molecular weight excluding hydrogens is 330 g/mol. The second-order valence-electron chi connectivity index (χ2n) is 6.96. The van der Waals surface area contributed by atoms with E-state index in [1.807, 2.05) is 27.0 Å². The van der Waals surface area contributed by atoms with Crippen LogP contribution in [0.1, 0.15) is 34.9 Å². The van der Waals surface area contributed by atoms with E-state index < -0.39 is 0 Å². The summed E-state index contributed by atoms with van der Waals surface area (Å²) in [6.07, 6.45) is 4.42. The topological polar surface area (TPSA) is 83.1 Å². The van der Waals surface area contributed by atoms with E-state index in [0.717, 1.165) is 61.1 Å². The van der Waals surface area contributed by atoms with Crippen molar-refractivity contribution < 1.29 is 4.74 Å². The number of aryl methyl sites for hydroxylation is 1. The zero-order valence-electron chi connectivity index (χ0n) is 15.7. The van der Waals surface area contributed by atoms with E-state index in [4.69, 9.17) is 4.74 Å². The molecule has 0 saturated carbocycles. The number of rotatable bonds is 7. The van der Waals surface area contributed by atoms with Crippen LogP contribution in [0.2, 0.25) is 0 Å². The lowest BCUT2D eigenvalue weighted by molar-refractivity contribution is 0.193. The van der Waals surface area contributed by atoms with Crippen LogP contribution in [0.25, 0.3) is 0 Å². The molecule has 140 valence electrons. The Kier molecular flexibility index (Phi) is 6.00. The van der Waals surface area contributed by atoms with E-state index in [2.05, 4.69) is 25.2 Å².